The Kier molecular flexibility index (Phi) is 5.07. The average molecular weight is 425 g/mol. The summed E-state index contributed by atoms with van der Waals surface area (Å²) >= 11 is 0. The summed E-state index contributed by atoms with van der Waals surface area (Å²) in [6.07, 6.45) is 9.21. The van der Waals surface area contributed by atoms with E-state index in [0.717, 1.165) is 44.5 Å². The van der Waals surface area contributed by atoms with E-state index in [2.05, 4.69) is 15.3 Å². The summed E-state index contributed by atoms with van der Waals surface area (Å²) in [6.45, 7) is 1.61. The summed E-state index contributed by atoms with van der Waals surface area (Å²) in [6, 6.07) is 5.74. The molecule has 0 bridgehead atoms. The van der Waals surface area contributed by atoms with Gasteiger partial charge in [-0.25, -0.2) is 4.39 Å². The number of benzene rings is 1. The molecule has 31 heavy (non-hydrogen) atoms. The van der Waals surface area contributed by atoms with Crippen LogP contribution in [0.2, 0.25) is 0 Å². The highest BCUT2D eigenvalue weighted by atomic mass is 19.1. The van der Waals surface area contributed by atoms with Crippen LogP contribution in [0.5, 0.6) is 0 Å². The van der Waals surface area contributed by atoms with Crippen LogP contribution in [0, 0.1) is 23.1 Å². The van der Waals surface area contributed by atoms with E-state index in [1.54, 1.807) is 23.0 Å². The van der Waals surface area contributed by atoms with Crippen LogP contribution in [0.1, 0.15) is 54.6 Å². The maximum absolute atomic E-state index is 13.1. The Hall–Kier alpha value is -2.70. The molecule has 5 rings (SSSR count). The predicted octanol–water partition coefficient (Wildman–Crippen LogP) is 3.78. The van der Waals surface area contributed by atoms with E-state index in [-0.39, 0.29) is 17.6 Å². The first-order chi connectivity index (χ1) is 14.9. The van der Waals surface area contributed by atoms with Crippen LogP contribution in [-0.2, 0) is 18.3 Å². The molecule has 2 heterocycles. The lowest BCUT2D eigenvalue weighted by molar-refractivity contribution is -0.135. The minimum Gasteiger partial charge on any atom is -0.342 e. The molecule has 1 aliphatic heterocycles. The Morgan fingerprint density at radius 3 is 2.52 bits per heavy atom. The number of nitrogens with zero attached hydrogens (tertiary/aromatic N) is 3. The lowest BCUT2D eigenvalue weighted by Crippen LogP contribution is -2.41. The summed E-state index contributed by atoms with van der Waals surface area (Å²) in [5.74, 6) is 0.496. The number of halogens is 1. The molecule has 0 unspecified atom stereocenters. The van der Waals surface area contributed by atoms with E-state index < -0.39 is 0 Å². The van der Waals surface area contributed by atoms with Crippen LogP contribution in [0.15, 0.2) is 30.5 Å². The Balaban J connectivity index is 1.18. The van der Waals surface area contributed by atoms with Crippen molar-refractivity contribution in [3.8, 4) is 0 Å². The van der Waals surface area contributed by atoms with Gasteiger partial charge in [-0.15, -0.1) is 0 Å². The van der Waals surface area contributed by atoms with Crippen LogP contribution in [-0.4, -0.2) is 39.6 Å². The second-order valence-electron chi connectivity index (χ2n) is 9.57. The molecule has 1 spiro atoms. The molecule has 7 heteroatoms. The average Bonchev–Trinajstić information content (AvgIpc) is 3.41. The highest BCUT2D eigenvalue weighted by Crippen LogP contribution is 2.66. The maximum atomic E-state index is 13.1. The van der Waals surface area contributed by atoms with Gasteiger partial charge in [0.15, 0.2) is 0 Å². The molecule has 1 atom stereocenters. The molecule has 6 nitrogen and oxygen atoms in total. The van der Waals surface area contributed by atoms with Gasteiger partial charge in [0.05, 0.1) is 11.3 Å². The fraction of sp³-hybridized carbons (Fsp3) is 0.542. The highest BCUT2D eigenvalue weighted by molar-refractivity contribution is 6.04. The first-order valence-electron chi connectivity index (χ1n) is 11.3. The van der Waals surface area contributed by atoms with Crippen LogP contribution in [0.3, 0.4) is 0 Å². The smallest absolute Gasteiger partial charge is 0.259 e. The van der Waals surface area contributed by atoms with Crippen molar-refractivity contribution in [1.82, 2.24) is 14.7 Å². The molecule has 2 amide bonds. The van der Waals surface area contributed by atoms with Crippen molar-refractivity contribution in [1.29, 1.82) is 0 Å². The summed E-state index contributed by atoms with van der Waals surface area (Å²) in [5, 5.41) is 7.35. The Morgan fingerprint density at radius 1 is 1.19 bits per heavy atom. The molecule has 3 aliphatic rings. The van der Waals surface area contributed by atoms with Crippen LogP contribution >= 0.6 is 0 Å². The monoisotopic (exact) mass is 424 g/mol. The van der Waals surface area contributed by atoms with E-state index in [0.29, 0.717) is 28.5 Å². The van der Waals surface area contributed by atoms with E-state index in [9.17, 15) is 14.0 Å². The van der Waals surface area contributed by atoms with E-state index in [4.69, 9.17) is 0 Å². The molecule has 1 saturated heterocycles. The molecular formula is C24H29FN4O2. The van der Waals surface area contributed by atoms with Crippen molar-refractivity contribution in [3.05, 3.63) is 47.5 Å². The van der Waals surface area contributed by atoms with Crippen molar-refractivity contribution in [2.45, 2.75) is 44.9 Å². The third-order valence-corrected chi connectivity index (χ3v) is 7.50. The van der Waals surface area contributed by atoms with Gasteiger partial charge in [-0.2, -0.15) is 5.10 Å². The van der Waals surface area contributed by atoms with Crippen molar-refractivity contribution in [3.63, 3.8) is 0 Å². The number of aromatic nitrogens is 2. The Bertz CT molecular complexity index is 988. The van der Waals surface area contributed by atoms with Gasteiger partial charge in [0, 0.05) is 37.9 Å². The quantitative estimate of drug-likeness (QED) is 0.794. The summed E-state index contributed by atoms with van der Waals surface area (Å²) in [7, 11) is 1.81. The number of amides is 2. The first kappa shape index (κ1) is 20.2. The molecular weight excluding hydrogens is 395 g/mol. The Labute approximate surface area is 181 Å². The third kappa shape index (κ3) is 3.98. The van der Waals surface area contributed by atoms with Crippen LogP contribution in [0.4, 0.5) is 10.1 Å². The number of anilines is 1. The second-order valence-corrected chi connectivity index (χ2v) is 9.57. The van der Waals surface area contributed by atoms with Crippen molar-refractivity contribution in [2.24, 2.45) is 24.3 Å². The van der Waals surface area contributed by atoms with Gasteiger partial charge in [0.2, 0.25) is 5.91 Å². The zero-order chi connectivity index (χ0) is 21.6. The number of likely N-dealkylation sites (tertiary alicyclic amines) is 1. The zero-order valence-electron chi connectivity index (χ0n) is 17.9. The van der Waals surface area contributed by atoms with Crippen LogP contribution in [0.25, 0.3) is 0 Å². The van der Waals surface area contributed by atoms with Gasteiger partial charge < -0.3 is 10.2 Å². The van der Waals surface area contributed by atoms with Gasteiger partial charge >= 0.3 is 0 Å². The fourth-order valence-electron chi connectivity index (χ4n) is 5.34. The molecule has 2 saturated carbocycles. The van der Waals surface area contributed by atoms with Crippen molar-refractivity contribution >= 4 is 17.5 Å². The van der Waals surface area contributed by atoms with E-state index in [1.807, 2.05) is 7.05 Å². The molecule has 1 aromatic carbocycles. The lowest BCUT2D eigenvalue weighted by atomic mass is 9.79. The maximum Gasteiger partial charge on any atom is 0.259 e. The SMILES string of the molecule is Cn1cc(C(=O)Nc2ccc(F)cc2)c(CC2CCN(C(=O)[C@@H]3CC34CCC4)CC2)n1. The number of nitrogens with one attached hydrogen (secondary N) is 1. The van der Waals surface area contributed by atoms with Gasteiger partial charge in [0.1, 0.15) is 5.82 Å². The largest absolute Gasteiger partial charge is 0.342 e. The summed E-state index contributed by atoms with van der Waals surface area (Å²) in [4.78, 5) is 27.7. The zero-order valence-corrected chi connectivity index (χ0v) is 17.9. The molecule has 2 aliphatic carbocycles. The fourth-order valence-corrected chi connectivity index (χ4v) is 5.34. The topological polar surface area (TPSA) is 67.2 Å². The van der Waals surface area contributed by atoms with Gasteiger partial charge in [-0.3, -0.25) is 14.3 Å². The Morgan fingerprint density at radius 2 is 1.90 bits per heavy atom. The highest BCUT2D eigenvalue weighted by Gasteiger charge is 2.61. The predicted molar refractivity (Wildman–Crippen MR) is 115 cm³/mol. The molecule has 2 aromatic rings. The third-order valence-electron chi connectivity index (χ3n) is 7.50. The second kappa shape index (κ2) is 7.77. The van der Waals surface area contributed by atoms with Gasteiger partial charge in [0.25, 0.3) is 5.91 Å². The molecule has 0 radical (unpaired) electrons. The minimum absolute atomic E-state index is 0.234. The number of hydrogen-bond acceptors (Lipinski definition) is 3. The summed E-state index contributed by atoms with van der Waals surface area (Å²) < 4.78 is 14.8. The molecule has 164 valence electrons. The van der Waals surface area contributed by atoms with Gasteiger partial charge in [-0.1, -0.05) is 6.42 Å². The number of hydrogen-bond donors (Lipinski definition) is 1. The number of aryl methyl sites for hydroxylation is 1. The van der Waals surface area contributed by atoms with E-state index in [1.165, 1.54) is 31.4 Å². The van der Waals surface area contributed by atoms with Crippen molar-refractivity contribution in [2.75, 3.05) is 18.4 Å². The molecule has 1 aromatic heterocycles. The normalized spacial score (nSPS) is 22.3. The number of carbonyl (C=O) groups is 2. The van der Waals surface area contributed by atoms with E-state index >= 15 is 0 Å². The molecule has 3 fully saturated rings. The van der Waals surface area contributed by atoms with Crippen LogP contribution < -0.4 is 5.32 Å². The van der Waals surface area contributed by atoms with Crippen molar-refractivity contribution < 1.29 is 14.0 Å². The minimum atomic E-state index is -0.338. The number of carbonyl (C=O) groups excluding carboxylic acids is 2. The van der Waals surface area contributed by atoms with Gasteiger partial charge in [-0.05, 0) is 74.1 Å². The number of rotatable bonds is 5. The summed E-state index contributed by atoms with van der Waals surface area (Å²) in [5.41, 5.74) is 2.27. The first-order valence-corrected chi connectivity index (χ1v) is 11.3. The standard InChI is InChI=1S/C24H29FN4O2/c1-28-15-19(22(30)26-18-5-3-17(25)4-6-18)21(27-28)13-16-7-11-29(12-8-16)23(31)20-14-24(20)9-2-10-24/h3-6,15-16,20H,2,7-14H2,1H3,(H,26,30)/t20-/m0/s1. The lowest BCUT2D eigenvalue weighted by Gasteiger charge is -2.34. The molecule has 1 N–H and O–H groups in total. The number of piperidine rings is 1.